The van der Waals surface area contributed by atoms with Crippen LogP contribution in [-0.2, 0) is 0 Å². The summed E-state index contributed by atoms with van der Waals surface area (Å²) in [5.74, 6) is 0.911. The highest BCUT2D eigenvalue weighted by atomic mass is 14.8. The van der Waals surface area contributed by atoms with Gasteiger partial charge in [0.1, 0.15) is 0 Å². The van der Waals surface area contributed by atoms with Crippen LogP contribution in [0.5, 0.6) is 0 Å². The minimum Gasteiger partial charge on any atom is -0.255 e. The molecule has 0 N–H and O–H groups in total. The van der Waals surface area contributed by atoms with Gasteiger partial charge >= 0.3 is 0 Å². The Balaban J connectivity index is 1.11. The predicted octanol–water partition coefficient (Wildman–Crippen LogP) is 16.5. The van der Waals surface area contributed by atoms with Gasteiger partial charge in [-0.1, -0.05) is 179 Å². The van der Waals surface area contributed by atoms with Gasteiger partial charge in [-0.3, -0.25) is 4.98 Å². The fourth-order valence-corrected chi connectivity index (χ4v) is 9.60. The smallest absolute Gasteiger partial charge is 0.0894 e. The molecule has 10 rings (SSSR count). The molecule has 0 spiro atoms. The molecule has 2 aromatic heterocycles. The molecule has 0 saturated carbocycles. The van der Waals surface area contributed by atoms with Gasteiger partial charge in [0.25, 0.3) is 0 Å². The lowest BCUT2D eigenvalue weighted by Crippen LogP contribution is -1.98. The quantitative estimate of drug-likeness (QED) is 0.137. The van der Waals surface area contributed by atoms with Crippen LogP contribution in [0.25, 0.3) is 99.1 Å². The summed E-state index contributed by atoms with van der Waals surface area (Å²) in [6.45, 7) is 9.29. The first kappa shape index (κ1) is 37.4. The third-order valence-corrected chi connectivity index (χ3v) is 12.9. The molecule has 290 valence electrons. The molecule has 60 heavy (non-hydrogen) atoms. The number of rotatable bonds is 9. The number of benzene rings is 8. The number of pyridine rings is 2. The summed E-state index contributed by atoms with van der Waals surface area (Å²) < 4.78 is 0. The van der Waals surface area contributed by atoms with Crippen molar-refractivity contribution < 1.29 is 0 Å². The monoisotopic (exact) mass is 772 g/mol. The molecular formula is C58H48N2. The largest absolute Gasteiger partial charge is 0.255 e. The van der Waals surface area contributed by atoms with Crippen molar-refractivity contribution in [1.82, 2.24) is 9.97 Å². The summed E-state index contributed by atoms with van der Waals surface area (Å²) >= 11 is 0. The Morgan fingerprint density at radius 3 is 1.15 bits per heavy atom. The van der Waals surface area contributed by atoms with Gasteiger partial charge in [0.15, 0.2) is 0 Å². The molecule has 0 fully saturated rings. The Bertz CT molecular complexity index is 3070. The van der Waals surface area contributed by atoms with Gasteiger partial charge in [0.05, 0.1) is 17.1 Å². The van der Waals surface area contributed by atoms with Gasteiger partial charge < -0.3 is 0 Å². The van der Waals surface area contributed by atoms with E-state index in [0.717, 1.165) is 46.6 Å². The molecule has 2 unspecified atom stereocenters. The first-order valence-corrected chi connectivity index (χ1v) is 21.5. The van der Waals surface area contributed by atoms with Gasteiger partial charge in [-0.05, 0) is 131 Å². The van der Waals surface area contributed by atoms with Crippen molar-refractivity contribution in [2.45, 2.75) is 52.4 Å². The van der Waals surface area contributed by atoms with Crippen LogP contribution in [0.4, 0.5) is 0 Å². The van der Waals surface area contributed by atoms with Crippen molar-refractivity contribution in [2.75, 3.05) is 0 Å². The number of nitrogens with zero attached hydrogens (tertiary/aromatic N) is 2. The zero-order chi connectivity index (χ0) is 40.7. The van der Waals surface area contributed by atoms with Gasteiger partial charge in [-0.2, -0.15) is 0 Å². The van der Waals surface area contributed by atoms with Crippen LogP contribution in [0, 0.1) is 0 Å². The number of fused-ring (bicyclic) bond motifs is 4. The molecule has 8 aromatic carbocycles. The van der Waals surface area contributed by atoms with E-state index in [1.165, 1.54) is 76.5 Å². The summed E-state index contributed by atoms with van der Waals surface area (Å²) in [6.07, 6.45) is 4.03. The molecule has 2 atom stereocenters. The van der Waals surface area contributed by atoms with E-state index in [1.54, 1.807) is 0 Å². The zero-order valence-electron chi connectivity index (χ0n) is 34.8. The molecule has 2 heterocycles. The molecule has 0 bridgehead atoms. The van der Waals surface area contributed by atoms with E-state index in [-0.39, 0.29) is 0 Å². The van der Waals surface area contributed by atoms with Gasteiger partial charge in [0.2, 0.25) is 0 Å². The van der Waals surface area contributed by atoms with Crippen LogP contribution in [0.3, 0.4) is 0 Å². The van der Waals surface area contributed by atoms with Crippen molar-refractivity contribution >= 4 is 43.1 Å². The van der Waals surface area contributed by atoms with Crippen molar-refractivity contribution in [2.24, 2.45) is 0 Å². The number of hydrogen-bond acceptors (Lipinski definition) is 2. The van der Waals surface area contributed by atoms with Crippen molar-refractivity contribution in [3.05, 3.63) is 193 Å². The van der Waals surface area contributed by atoms with Crippen LogP contribution in [0.2, 0.25) is 0 Å². The van der Waals surface area contributed by atoms with Crippen LogP contribution < -0.4 is 0 Å². The van der Waals surface area contributed by atoms with E-state index in [9.17, 15) is 0 Å². The molecule has 0 saturated heterocycles. The standard InChI is InChI=1S/C58H48N2/c1-5-37(3)54-44-17-7-11-21-48(44)56(49-22-12-8-18-45(49)54)40-28-26-39(27-29-40)43-34-35-53(52-25-15-16-36-59-52)60-58(43)42-32-30-41(31-33-42)57-50-23-13-9-19-46(50)55(38(4)6-2)47-20-10-14-24-51(47)57/h7-38H,5-6H2,1-4H3. The van der Waals surface area contributed by atoms with Crippen molar-refractivity contribution in [3.63, 3.8) is 0 Å². The maximum Gasteiger partial charge on any atom is 0.0894 e. The van der Waals surface area contributed by atoms with Crippen molar-refractivity contribution in [1.29, 1.82) is 0 Å². The maximum atomic E-state index is 5.37. The lowest BCUT2D eigenvalue weighted by molar-refractivity contribution is 0.745. The average molecular weight is 773 g/mol. The number of aromatic nitrogens is 2. The molecule has 2 nitrogen and oxygen atoms in total. The Labute approximate surface area is 353 Å². The minimum absolute atomic E-state index is 0.454. The lowest BCUT2D eigenvalue weighted by Gasteiger charge is -2.21. The summed E-state index contributed by atoms with van der Waals surface area (Å²) in [5, 5.41) is 10.6. The third kappa shape index (κ3) is 6.35. The van der Waals surface area contributed by atoms with E-state index in [2.05, 4.69) is 190 Å². The fraction of sp³-hybridized carbons (Fsp3) is 0.138. The first-order valence-electron chi connectivity index (χ1n) is 21.5. The Hall–Kier alpha value is -6.90. The second kappa shape index (κ2) is 15.7. The Kier molecular flexibility index (Phi) is 9.78. The maximum absolute atomic E-state index is 5.37. The van der Waals surface area contributed by atoms with Gasteiger partial charge in [-0.15, -0.1) is 0 Å². The summed E-state index contributed by atoms with van der Waals surface area (Å²) in [4.78, 5) is 10.0. The van der Waals surface area contributed by atoms with Crippen LogP contribution in [0.15, 0.2) is 182 Å². The number of hydrogen-bond donors (Lipinski definition) is 0. The summed E-state index contributed by atoms with van der Waals surface area (Å²) in [6, 6.07) is 64.4. The topological polar surface area (TPSA) is 25.8 Å². The second-order valence-electron chi connectivity index (χ2n) is 16.3. The molecule has 0 aliphatic heterocycles. The normalized spacial score (nSPS) is 12.7. The van der Waals surface area contributed by atoms with E-state index >= 15 is 0 Å². The third-order valence-electron chi connectivity index (χ3n) is 12.9. The van der Waals surface area contributed by atoms with Crippen LogP contribution in [-0.4, -0.2) is 9.97 Å². The SMILES string of the molecule is CCC(C)c1c2ccccc2c(-c2ccc(-c3ccc(-c4ccccn4)nc3-c3ccc(-c4c5ccccc5c(C(C)CC)c5ccccc45)cc3)cc2)c2ccccc12. The van der Waals surface area contributed by atoms with E-state index in [0.29, 0.717) is 11.8 Å². The Morgan fingerprint density at radius 2 is 0.750 bits per heavy atom. The molecule has 10 aromatic rings. The van der Waals surface area contributed by atoms with Crippen LogP contribution in [0.1, 0.15) is 63.5 Å². The molecule has 0 aliphatic rings. The highest BCUT2D eigenvalue weighted by Gasteiger charge is 2.21. The molecule has 2 heteroatoms. The highest BCUT2D eigenvalue weighted by molar-refractivity contribution is 6.16. The predicted molar refractivity (Wildman–Crippen MR) is 257 cm³/mol. The molecule has 0 amide bonds. The Morgan fingerprint density at radius 1 is 0.367 bits per heavy atom. The average Bonchev–Trinajstić information content (AvgIpc) is 3.32. The zero-order valence-corrected chi connectivity index (χ0v) is 34.8. The van der Waals surface area contributed by atoms with Crippen molar-refractivity contribution in [3.8, 4) is 56.0 Å². The fourth-order valence-electron chi connectivity index (χ4n) is 9.60. The van der Waals surface area contributed by atoms with Gasteiger partial charge in [0, 0.05) is 17.3 Å². The first-order chi connectivity index (χ1) is 29.5. The van der Waals surface area contributed by atoms with E-state index < -0.39 is 0 Å². The van der Waals surface area contributed by atoms with Crippen LogP contribution >= 0.6 is 0 Å². The lowest BCUT2D eigenvalue weighted by atomic mass is 9.83. The van der Waals surface area contributed by atoms with E-state index in [4.69, 9.17) is 4.98 Å². The highest BCUT2D eigenvalue weighted by Crippen LogP contribution is 2.45. The second-order valence-corrected chi connectivity index (χ2v) is 16.3. The van der Waals surface area contributed by atoms with Gasteiger partial charge in [-0.25, -0.2) is 4.98 Å². The van der Waals surface area contributed by atoms with E-state index in [1.807, 2.05) is 24.4 Å². The molecule has 0 radical (unpaired) electrons. The molecular weight excluding hydrogens is 725 g/mol. The summed E-state index contributed by atoms with van der Waals surface area (Å²) in [5.41, 5.74) is 13.8. The summed E-state index contributed by atoms with van der Waals surface area (Å²) in [7, 11) is 0. The molecule has 0 aliphatic carbocycles. The minimum atomic E-state index is 0.454.